The number of carbonyl (C=O) groups is 1. The van der Waals surface area contributed by atoms with Crippen LogP contribution < -0.4 is 9.47 Å². The number of Topliss-reactive ketones (excluding diaryl/α,β-unsaturated/α-hetero) is 1. The topological polar surface area (TPSA) is 97.3 Å². The summed E-state index contributed by atoms with van der Waals surface area (Å²) in [6, 6.07) is 3.18. The van der Waals surface area contributed by atoms with Gasteiger partial charge in [0.05, 0.1) is 20.0 Å². The van der Waals surface area contributed by atoms with Gasteiger partial charge < -0.3 is 14.6 Å². The molecule has 0 saturated heterocycles. The number of methoxy groups -OCH3 is 2. The fourth-order valence-corrected chi connectivity index (χ4v) is 2.29. The van der Waals surface area contributed by atoms with E-state index in [-0.39, 0.29) is 17.3 Å². The van der Waals surface area contributed by atoms with Crippen LogP contribution in [-0.4, -0.2) is 46.0 Å². The van der Waals surface area contributed by atoms with Gasteiger partial charge in [-0.15, -0.1) is 5.10 Å². The van der Waals surface area contributed by atoms with Crippen LogP contribution in [0.1, 0.15) is 6.92 Å². The van der Waals surface area contributed by atoms with Crippen LogP contribution in [0.2, 0.25) is 0 Å². The number of rotatable bonds is 6. The summed E-state index contributed by atoms with van der Waals surface area (Å²) in [6.45, 7) is 1.51. The number of nitrogens with one attached hydrogen (secondary N) is 1. The Morgan fingerprint density at radius 3 is 2.76 bits per heavy atom. The fourth-order valence-electron chi connectivity index (χ4n) is 1.69. The van der Waals surface area contributed by atoms with Crippen LogP contribution in [0.3, 0.4) is 0 Å². The normalized spacial score (nSPS) is 10.4. The molecule has 1 aromatic carbocycles. The molecule has 0 aliphatic heterocycles. The van der Waals surface area contributed by atoms with E-state index in [1.54, 1.807) is 6.07 Å². The van der Waals surface area contributed by atoms with Crippen molar-refractivity contribution in [1.29, 1.82) is 0 Å². The van der Waals surface area contributed by atoms with E-state index in [0.717, 1.165) is 0 Å². The van der Waals surface area contributed by atoms with E-state index in [1.165, 1.54) is 39.0 Å². The summed E-state index contributed by atoms with van der Waals surface area (Å²) in [7, 11) is 2.93. The minimum absolute atomic E-state index is 0.0510. The number of nitrogens with zero attached hydrogens (tertiary/aromatic N) is 2. The van der Waals surface area contributed by atoms with E-state index >= 15 is 0 Å². The van der Waals surface area contributed by atoms with Crippen molar-refractivity contribution in [2.45, 2.75) is 12.1 Å². The summed E-state index contributed by atoms with van der Waals surface area (Å²) in [4.78, 5) is 15.2. The molecule has 0 saturated carbocycles. The molecule has 112 valence electrons. The van der Waals surface area contributed by atoms with Gasteiger partial charge in [0.1, 0.15) is 5.78 Å². The first-order valence-corrected chi connectivity index (χ1v) is 7.03. The highest BCUT2D eigenvalue weighted by atomic mass is 32.2. The SMILES string of the molecule is COc1cc(-c2nc(SCC(C)=O)n[nH]2)cc(O)c1OC. The molecule has 0 spiro atoms. The maximum Gasteiger partial charge on any atom is 0.209 e. The lowest BCUT2D eigenvalue weighted by Crippen LogP contribution is -1.93. The highest BCUT2D eigenvalue weighted by Gasteiger charge is 2.15. The Hall–Kier alpha value is -2.22. The fraction of sp³-hybridized carbons (Fsp3) is 0.308. The predicted octanol–water partition coefficient (Wildman–Crippen LogP) is 1.88. The molecule has 2 rings (SSSR count). The molecule has 21 heavy (non-hydrogen) atoms. The Bertz CT molecular complexity index is 657. The maximum absolute atomic E-state index is 10.9. The Morgan fingerprint density at radius 1 is 1.38 bits per heavy atom. The number of aromatic hydroxyl groups is 1. The molecule has 7 nitrogen and oxygen atoms in total. The number of hydrogen-bond acceptors (Lipinski definition) is 7. The van der Waals surface area contributed by atoms with Gasteiger partial charge in [-0.1, -0.05) is 11.8 Å². The molecule has 0 bridgehead atoms. The third kappa shape index (κ3) is 3.46. The van der Waals surface area contributed by atoms with E-state index in [9.17, 15) is 9.90 Å². The molecular formula is C13H15N3O4S. The van der Waals surface area contributed by atoms with Crippen molar-refractivity contribution < 1.29 is 19.4 Å². The minimum atomic E-state index is -0.0545. The van der Waals surface area contributed by atoms with Crippen molar-refractivity contribution in [3.63, 3.8) is 0 Å². The standard InChI is InChI=1S/C13H15N3O4S/c1-7(17)6-21-13-14-12(15-16-13)8-4-9(18)11(20-3)10(5-8)19-2/h4-5,18H,6H2,1-3H3,(H,14,15,16). The van der Waals surface area contributed by atoms with Crippen LogP contribution >= 0.6 is 11.8 Å². The van der Waals surface area contributed by atoms with E-state index in [0.29, 0.717) is 28.0 Å². The van der Waals surface area contributed by atoms with Crippen LogP contribution in [0.25, 0.3) is 11.4 Å². The van der Waals surface area contributed by atoms with E-state index in [1.807, 2.05) is 0 Å². The number of H-pyrrole nitrogens is 1. The van der Waals surface area contributed by atoms with Gasteiger partial charge in [0.2, 0.25) is 10.9 Å². The second-order valence-electron chi connectivity index (χ2n) is 4.19. The smallest absolute Gasteiger partial charge is 0.209 e. The zero-order chi connectivity index (χ0) is 15.4. The molecular weight excluding hydrogens is 294 g/mol. The number of benzene rings is 1. The molecule has 8 heteroatoms. The summed E-state index contributed by atoms with van der Waals surface area (Å²) in [5, 5.41) is 17.2. The predicted molar refractivity (Wildman–Crippen MR) is 78.0 cm³/mol. The summed E-state index contributed by atoms with van der Waals surface area (Å²) < 4.78 is 10.2. The van der Waals surface area contributed by atoms with Gasteiger partial charge in [0, 0.05) is 5.56 Å². The van der Waals surface area contributed by atoms with Crippen molar-refractivity contribution in [3.05, 3.63) is 12.1 Å². The first kappa shape index (κ1) is 15.2. The summed E-state index contributed by atoms with van der Waals surface area (Å²) >= 11 is 1.24. The van der Waals surface area contributed by atoms with Crippen LogP contribution in [0, 0.1) is 0 Å². The van der Waals surface area contributed by atoms with Gasteiger partial charge in [-0.3, -0.25) is 9.89 Å². The first-order valence-electron chi connectivity index (χ1n) is 6.05. The zero-order valence-electron chi connectivity index (χ0n) is 11.8. The van der Waals surface area contributed by atoms with Gasteiger partial charge >= 0.3 is 0 Å². The van der Waals surface area contributed by atoms with Crippen molar-refractivity contribution >= 4 is 17.5 Å². The number of ketones is 1. The number of phenols is 1. The Labute approximate surface area is 125 Å². The lowest BCUT2D eigenvalue weighted by molar-refractivity contribution is -0.114. The van der Waals surface area contributed by atoms with Gasteiger partial charge in [0.25, 0.3) is 0 Å². The average Bonchev–Trinajstić information content (AvgIpc) is 2.93. The van der Waals surface area contributed by atoms with Crippen LogP contribution in [0.15, 0.2) is 17.3 Å². The van der Waals surface area contributed by atoms with E-state index < -0.39 is 0 Å². The van der Waals surface area contributed by atoms with Crippen molar-refractivity contribution in [2.24, 2.45) is 0 Å². The number of hydrogen-bond donors (Lipinski definition) is 2. The number of phenolic OH excluding ortho intramolecular Hbond substituents is 1. The Balaban J connectivity index is 2.30. The molecule has 2 aromatic rings. The van der Waals surface area contributed by atoms with Gasteiger partial charge in [-0.2, -0.15) is 0 Å². The van der Waals surface area contributed by atoms with Gasteiger partial charge in [0.15, 0.2) is 17.3 Å². The third-order valence-electron chi connectivity index (χ3n) is 2.60. The summed E-state index contributed by atoms with van der Waals surface area (Å²) in [6.07, 6.45) is 0. The highest BCUT2D eigenvalue weighted by molar-refractivity contribution is 7.99. The maximum atomic E-state index is 10.9. The molecule has 0 unspecified atom stereocenters. The lowest BCUT2D eigenvalue weighted by atomic mass is 10.1. The van der Waals surface area contributed by atoms with Gasteiger partial charge in [-0.05, 0) is 19.1 Å². The molecule has 0 aliphatic carbocycles. The molecule has 0 radical (unpaired) electrons. The van der Waals surface area contributed by atoms with E-state index in [2.05, 4.69) is 15.2 Å². The van der Waals surface area contributed by atoms with E-state index in [4.69, 9.17) is 9.47 Å². The largest absolute Gasteiger partial charge is 0.504 e. The number of thioether (sulfide) groups is 1. The number of aromatic amines is 1. The minimum Gasteiger partial charge on any atom is -0.504 e. The summed E-state index contributed by atoms with van der Waals surface area (Å²) in [5.41, 5.74) is 0.604. The number of carbonyl (C=O) groups excluding carboxylic acids is 1. The summed E-state index contributed by atoms with van der Waals surface area (Å²) in [5.74, 6) is 1.43. The molecule has 1 heterocycles. The van der Waals surface area contributed by atoms with Crippen molar-refractivity contribution in [1.82, 2.24) is 15.2 Å². The molecule has 1 aromatic heterocycles. The molecule has 0 fully saturated rings. The Morgan fingerprint density at radius 2 is 2.14 bits per heavy atom. The van der Waals surface area contributed by atoms with Crippen molar-refractivity contribution in [2.75, 3.05) is 20.0 Å². The zero-order valence-corrected chi connectivity index (χ0v) is 12.7. The number of aromatic nitrogens is 3. The first-order chi connectivity index (χ1) is 10.0. The molecule has 2 N–H and O–H groups in total. The third-order valence-corrected chi connectivity index (χ3v) is 3.59. The number of ether oxygens (including phenoxy) is 2. The molecule has 0 amide bonds. The molecule has 0 atom stereocenters. The Kier molecular flexibility index (Phi) is 4.69. The van der Waals surface area contributed by atoms with Crippen LogP contribution in [0.5, 0.6) is 17.2 Å². The second kappa shape index (κ2) is 6.49. The van der Waals surface area contributed by atoms with Crippen molar-refractivity contribution in [3.8, 4) is 28.6 Å². The second-order valence-corrected chi connectivity index (χ2v) is 5.13. The highest BCUT2D eigenvalue weighted by Crippen LogP contribution is 2.39. The lowest BCUT2D eigenvalue weighted by Gasteiger charge is -2.10. The van der Waals surface area contributed by atoms with Crippen LogP contribution in [-0.2, 0) is 4.79 Å². The van der Waals surface area contributed by atoms with Crippen LogP contribution in [0.4, 0.5) is 0 Å². The average molecular weight is 309 g/mol. The quantitative estimate of drug-likeness (QED) is 0.786. The monoisotopic (exact) mass is 309 g/mol. The van der Waals surface area contributed by atoms with Gasteiger partial charge in [-0.25, -0.2) is 4.98 Å². The molecule has 0 aliphatic rings.